The Hall–Kier alpha value is -2.90. The lowest BCUT2D eigenvalue weighted by molar-refractivity contribution is -0.275. The molecular weight excluding hydrogens is 591 g/mol. The van der Waals surface area contributed by atoms with E-state index in [1.807, 2.05) is 5.43 Å². The summed E-state index contributed by atoms with van der Waals surface area (Å²) in [5, 5.41) is 13.0. The molecule has 1 unspecified atom stereocenters. The van der Waals surface area contributed by atoms with Crippen molar-refractivity contribution in [3.8, 4) is 0 Å². The first-order valence-electron chi connectivity index (χ1n) is 10.5. The van der Waals surface area contributed by atoms with Crippen molar-refractivity contribution >= 4 is 58.2 Å². The molecule has 1 heterocycles. The number of carbonyl (C=O) groups is 2. The van der Waals surface area contributed by atoms with Gasteiger partial charge in [-0.25, -0.2) is 4.79 Å². The van der Waals surface area contributed by atoms with Crippen molar-refractivity contribution < 1.29 is 45.9 Å². The molecule has 0 aliphatic carbocycles. The second-order valence-electron chi connectivity index (χ2n) is 8.08. The molecule has 0 saturated carbocycles. The van der Waals surface area contributed by atoms with Crippen LogP contribution in [-0.4, -0.2) is 35.2 Å². The number of hydrogen-bond acceptors (Lipinski definition) is 4. The van der Waals surface area contributed by atoms with Gasteiger partial charge in [-0.15, -0.1) is 0 Å². The van der Waals surface area contributed by atoms with Crippen LogP contribution < -0.4 is 10.4 Å². The van der Waals surface area contributed by atoms with E-state index in [1.165, 1.54) is 12.1 Å². The highest BCUT2D eigenvalue weighted by Gasteiger charge is 2.62. The molecule has 0 fully saturated rings. The summed E-state index contributed by atoms with van der Waals surface area (Å²) >= 11 is 17.8. The first kappa shape index (κ1) is 29.7. The minimum atomic E-state index is -4.99. The first-order chi connectivity index (χ1) is 17.5. The molecule has 3 rings (SSSR count). The minimum Gasteiger partial charge on any atom is -0.463 e. The van der Waals surface area contributed by atoms with Gasteiger partial charge >= 0.3 is 18.4 Å². The molecule has 206 valence electrons. The lowest BCUT2D eigenvalue weighted by Gasteiger charge is -2.29. The number of halogens is 9. The van der Waals surface area contributed by atoms with Gasteiger partial charge in [0.25, 0.3) is 5.60 Å². The fourth-order valence-electron chi connectivity index (χ4n) is 3.55. The van der Waals surface area contributed by atoms with Crippen LogP contribution in [0.5, 0.6) is 0 Å². The molecule has 7 nitrogen and oxygen atoms in total. The largest absolute Gasteiger partial charge is 0.463 e. The molecule has 2 aromatic rings. The lowest BCUT2D eigenvalue weighted by Crippen LogP contribution is -2.46. The Balaban J connectivity index is 1.89. The van der Waals surface area contributed by atoms with E-state index in [0.717, 1.165) is 24.3 Å². The topological polar surface area (TPSA) is 91.2 Å². The van der Waals surface area contributed by atoms with Gasteiger partial charge in [0.05, 0.1) is 16.4 Å². The Kier molecular flexibility index (Phi) is 8.64. The van der Waals surface area contributed by atoms with Crippen LogP contribution in [0.1, 0.15) is 36.8 Å². The maximum absolute atomic E-state index is 14.2. The van der Waals surface area contributed by atoms with Crippen molar-refractivity contribution in [2.24, 2.45) is 5.16 Å². The van der Waals surface area contributed by atoms with E-state index in [9.17, 15) is 41.0 Å². The van der Waals surface area contributed by atoms with E-state index in [-0.39, 0.29) is 37.0 Å². The second kappa shape index (κ2) is 11.1. The number of nitrogens with zero attached hydrogens (tertiary/aromatic N) is 2. The molecule has 0 radical (unpaired) electrons. The molecule has 0 aromatic heterocycles. The summed E-state index contributed by atoms with van der Waals surface area (Å²) in [7, 11) is 0. The van der Waals surface area contributed by atoms with E-state index in [0.29, 0.717) is 0 Å². The van der Waals surface area contributed by atoms with Crippen molar-refractivity contribution in [3.05, 3.63) is 62.6 Å². The molecule has 2 aromatic carbocycles. The van der Waals surface area contributed by atoms with E-state index < -0.39 is 61.2 Å². The van der Waals surface area contributed by atoms with Gasteiger partial charge in [0.15, 0.2) is 0 Å². The Morgan fingerprint density at radius 1 is 1.05 bits per heavy atom. The van der Waals surface area contributed by atoms with Crippen LogP contribution in [0, 0.1) is 0 Å². The van der Waals surface area contributed by atoms with Gasteiger partial charge in [0.1, 0.15) is 0 Å². The summed E-state index contributed by atoms with van der Waals surface area (Å²) in [6.07, 6.45) is -14.6. The standard InChI is InChI=1S/C22H16Cl3F6N3O4/c23-13-7-12(8-14(24)9-13)20(22(29,30)31)10-16(33-38-20)11-3-4-15(25)17(6-11)34(19(36)37)32-18(35)2-1-5-21(26,27)28/h3-4,6-9H,1-2,5,10H2,(H,32,35)(H,36,37). The van der Waals surface area contributed by atoms with E-state index in [4.69, 9.17) is 39.6 Å². The zero-order valence-corrected chi connectivity index (χ0v) is 21.0. The van der Waals surface area contributed by atoms with Gasteiger partial charge in [-0.05, 0) is 36.8 Å². The van der Waals surface area contributed by atoms with Crippen molar-refractivity contribution in [1.82, 2.24) is 5.43 Å². The van der Waals surface area contributed by atoms with Crippen molar-refractivity contribution in [2.45, 2.75) is 43.6 Å². The molecule has 38 heavy (non-hydrogen) atoms. The molecule has 16 heteroatoms. The van der Waals surface area contributed by atoms with Crippen LogP contribution in [0.2, 0.25) is 15.1 Å². The monoisotopic (exact) mass is 605 g/mol. The maximum Gasteiger partial charge on any atom is 0.435 e. The average molecular weight is 607 g/mol. The number of benzene rings is 2. The summed E-state index contributed by atoms with van der Waals surface area (Å²) in [6, 6.07) is 6.70. The molecule has 0 bridgehead atoms. The van der Waals surface area contributed by atoms with Crippen LogP contribution in [0.3, 0.4) is 0 Å². The molecule has 2 N–H and O–H groups in total. The number of carbonyl (C=O) groups excluding carboxylic acids is 1. The molecule has 1 atom stereocenters. The first-order valence-corrected chi connectivity index (χ1v) is 11.6. The highest BCUT2D eigenvalue weighted by molar-refractivity contribution is 6.35. The molecular formula is C22H16Cl3F6N3O4. The Morgan fingerprint density at radius 2 is 1.68 bits per heavy atom. The molecule has 1 aliphatic rings. The predicted molar refractivity (Wildman–Crippen MR) is 126 cm³/mol. The van der Waals surface area contributed by atoms with Gasteiger partial charge in [0, 0.05) is 40.4 Å². The third-order valence-electron chi connectivity index (χ3n) is 5.33. The number of anilines is 1. The number of oxime groups is 1. The SMILES string of the molecule is O=C(CCCC(F)(F)F)NN(C(=O)O)c1cc(C2=NOC(c3cc(Cl)cc(Cl)c3)(C(F)(F)F)C2)ccc1Cl. The maximum atomic E-state index is 14.2. The lowest BCUT2D eigenvalue weighted by atomic mass is 9.86. The third kappa shape index (κ3) is 6.75. The number of nitrogens with one attached hydrogen (secondary N) is 1. The minimum absolute atomic E-state index is 0.0405. The molecule has 2 amide bonds. The molecule has 0 spiro atoms. The van der Waals surface area contributed by atoms with Gasteiger partial charge in [0.2, 0.25) is 5.91 Å². The summed E-state index contributed by atoms with van der Waals surface area (Å²) in [4.78, 5) is 28.7. The van der Waals surface area contributed by atoms with Gasteiger partial charge in [-0.1, -0.05) is 46.0 Å². The highest BCUT2D eigenvalue weighted by atomic mass is 35.5. The fraction of sp³-hybridized carbons (Fsp3) is 0.318. The van der Waals surface area contributed by atoms with Crippen LogP contribution in [0.25, 0.3) is 0 Å². The summed E-state index contributed by atoms with van der Waals surface area (Å²) < 4.78 is 79.7. The number of hydrogen-bond donors (Lipinski definition) is 2. The fourth-order valence-corrected chi connectivity index (χ4v) is 4.28. The second-order valence-corrected chi connectivity index (χ2v) is 9.36. The summed E-state index contributed by atoms with van der Waals surface area (Å²) in [5.74, 6) is -1.06. The van der Waals surface area contributed by atoms with E-state index in [1.54, 1.807) is 0 Å². The predicted octanol–water partition coefficient (Wildman–Crippen LogP) is 7.48. The number of alkyl halides is 6. The normalized spacial score (nSPS) is 17.6. The van der Waals surface area contributed by atoms with Gasteiger partial charge in [-0.2, -0.15) is 31.4 Å². The van der Waals surface area contributed by atoms with Crippen molar-refractivity contribution in [2.75, 3.05) is 5.01 Å². The van der Waals surface area contributed by atoms with Crippen LogP contribution in [0.4, 0.5) is 36.8 Å². The zero-order chi connectivity index (χ0) is 28.5. The van der Waals surface area contributed by atoms with Crippen LogP contribution in [0.15, 0.2) is 41.6 Å². The van der Waals surface area contributed by atoms with Crippen molar-refractivity contribution in [1.29, 1.82) is 0 Å². The van der Waals surface area contributed by atoms with Gasteiger partial charge in [-0.3, -0.25) is 10.2 Å². The highest BCUT2D eigenvalue weighted by Crippen LogP contribution is 2.50. The molecule has 1 aliphatic heterocycles. The smallest absolute Gasteiger partial charge is 0.435 e. The van der Waals surface area contributed by atoms with E-state index >= 15 is 0 Å². The number of rotatable bonds is 6. The summed E-state index contributed by atoms with van der Waals surface area (Å²) in [5.41, 5.74) is -2.15. The van der Waals surface area contributed by atoms with E-state index in [2.05, 4.69) is 5.16 Å². The third-order valence-corrected chi connectivity index (χ3v) is 6.08. The number of amides is 2. The van der Waals surface area contributed by atoms with Crippen LogP contribution in [-0.2, 0) is 15.2 Å². The number of hydrazine groups is 1. The Morgan fingerprint density at radius 3 is 2.24 bits per heavy atom. The number of carboxylic acid groups (broad SMARTS) is 1. The zero-order valence-electron chi connectivity index (χ0n) is 18.8. The Bertz CT molecular complexity index is 1250. The summed E-state index contributed by atoms with van der Waals surface area (Å²) in [6.45, 7) is 0. The van der Waals surface area contributed by atoms with Gasteiger partial charge < -0.3 is 9.94 Å². The van der Waals surface area contributed by atoms with Crippen LogP contribution >= 0.6 is 34.8 Å². The Labute approximate surface area is 225 Å². The molecule has 0 saturated heterocycles. The quantitative estimate of drug-likeness (QED) is 0.264. The van der Waals surface area contributed by atoms with Crippen molar-refractivity contribution in [3.63, 3.8) is 0 Å². The average Bonchev–Trinajstić information content (AvgIpc) is 3.23.